The molecule has 0 radical (unpaired) electrons. The monoisotopic (exact) mass is 593 g/mol. The Morgan fingerprint density at radius 2 is 0.524 bits per heavy atom. The molecule has 4 nitrogen and oxygen atoms in total. The second-order valence-electron chi connectivity index (χ2n) is 13.1. The first-order valence-electron chi connectivity index (χ1n) is 19.2. The SMILES string of the molecule is CCCCCCCCCCCCNC(=O)CCCCCCCCCCCCC(=O)NCCCCCCCCCCCC. The van der Waals surface area contributed by atoms with E-state index in [1.54, 1.807) is 0 Å². The van der Waals surface area contributed by atoms with Crippen LogP contribution in [0.4, 0.5) is 0 Å². The highest BCUT2D eigenvalue weighted by atomic mass is 16.2. The Labute approximate surface area is 264 Å². The van der Waals surface area contributed by atoms with Gasteiger partial charge in [0.1, 0.15) is 0 Å². The van der Waals surface area contributed by atoms with Crippen molar-refractivity contribution in [3.05, 3.63) is 0 Å². The Morgan fingerprint density at radius 1 is 0.310 bits per heavy atom. The van der Waals surface area contributed by atoms with Crippen molar-refractivity contribution in [3.63, 3.8) is 0 Å². The first kappa shape index (κ1) is 40.9. The molecule has 0 unspecified atom stereocenters. The minimum absolute atomic E-state index is 0.249. The number of hydrogen-bond acceptors (Lipinski definition) is 2. The lowest BCUT2D eigenvalue weighted by Gasteiger charge is -2.06. The van der Waals surface area contributed by atoms with Gasteiger partial charge in [0.25, 0.3) is 0 Å². The molecule has 0 fully saturated rings. The molecule has 0 saturated heterocycles. The highest BCUT2D eigenvalue weighted by Gasteiger charge is 2.02. The molecule has 0 bridgehead atoms. The van der Waals surface area contributed by atoms with E-state index in [-0.39, 0.29) is 11.8 Å². The summed E-state index contributed by atoms with van der Waals surface area (Å²) in [5.41, 5.74) is 0. The highest BCUT2D eigenvalue weighted by molar-refractivity contribution is 5.76. The fraction of sp³-hybridized carbons (Fsp3) is 0.947. The number of rotatable bonds is 35. The van der Waals surface area contributed by atoms with Crippen molar-refractivity contribution in [2.45, 2.75) is 219 Å². The lowest BCUT2D eigenvalue weighted by molar-refractivity contribution is -0.122. The van der Waals surface area contributed by atoms with Crippen molar-refractivity contribution in [1.82, 2.24) is 10.6 Å². The van der Waals surface area contributed by atoms with E-state index in [9.17, 15) is 9.59 Å². The van der Waals surface area contributed by atoms with Gasteiger partial charge < -0.3 is 10.6 Å². The highest BCUT2D eigenvalue weighted by Crippen LogP contribution is 2.13. The second kappa shape index (κ2) is 36.1. The van der Waals surface area contributed by atoms with E-state index in [1.807, 2.05) is 0 Å². The lowest BCUT2D eigenvalue weighted by Crippen LogP contribution is -2.23. The number of carbonyl (C=O) groups is 2. The molecule has 0 aliphatic heterocycles. The minimum atomic E-state index is 0.249. The van der Waals surface area contributed by atoms with Crippen molar-refractivity contribution < 1.29 is 9.59 Å². The summed E-state index contributed by atoms with van der Waals surface area (Å²) < 4.78 is 0. The van der Waals surface area contributed by atoms with Gasteiger partial charge in [-0.05, 0) is 25.7 Å². The van der Waals surface area contributed by atoms with Crippen LogP contribution in [0.3, 0.4) is 0 Å². The summed E-state index contributed by atoms with van der Waals surface area (Å²) >= 11 is 0. The lowest BCUT2D eigenvalue weighted by atomic mass is 10.0. The predicted octanol–water partition coefficient (Wildman–Crippen LogP) is 11.7. The van der Waals surface area contributed by atoms with Gasteiger partial charge in [0, 0.05) is 25.9 Å². The molecule has 0 spiro atoms. The van der Waals surface area contributed by atoms with Gasteiger partial charge in [-0.15, -0.1) is 0 Å². The Bertz CT molecular complexity index is 503. The maximum Gasteiger partial charge on any atom is 0.219 e. The molecule has 4 heteroatoms. The van der Waals surface area contributed by atoms with Crippen molar-refractivity contribution in [2.75, 3.05) is 13.1 Å². The fourth-order valence-electron chi connectivity index (χ4n) is 5.84. The molecule has 0 aliphatic carbocycles. The summed E-state index contributed by atoms with van der Waals surface area (Å²) in [5.74, 6) is 0.497. The first-order valence-corrected chi connectivity index (χ1v) is 19.2. The maximum atomic E-state index is 12.0. The summed E-state index contributed by atoms with van der Waals surface area (Å²) in [6, 6.07) is 0. The standard InChI is InChI=1S/C38H76N2O2/c1-3-5-7-9-11-13-19-23-27-31-35-39-37(41)33-29-25-21-17-15-16-18-22-26-30-34-38(42)40-36-32-28-24-20-14-12-10-8-6-4-2/h3-36H2,1-2H3,(H,39,41)(H,40,42). The molecule has 0 atom stereocenters. The topological polar surface area (TPSA) is 58.2 Å². The molecule has 0 aromatic rings. The summed E-state index contributed by atoms with van der Waals surface area (Å²) in [6.07, 6.45) is 40.3. The largest absolute Gasteiger partial charge is 0.356 e. The van der Waals surface area contributed by atoms with Crippen molar-refractivity contribution in [3.8, 4) is 0 Å². The van der Waals surface area contributed by atoms with Crippen LogP contribution in [0.5, 0.6) is 0 Å². The molecular weight excluding hydrogens is 516 g/mol. The maximum absolute atomic E-state index is 12.0. The summed E-state index contributed by atoms with van der Waals surface area (Å²) in [5, 5.41) is 6.23. The molecule has 0 aromatic carbocycles. The Kier molecular flexibility index (Phi) is 35.2. The molecule has 0 rings (SSSR count). The van der Waals surface area contributed by atoms with E-state index in [1.165, 1.54) is 167 Å². The van der Waals surface area contributed by atoms with Gasteiger partial charge in [-0.1, -0.05) is 181 Å². The van der Waals surface area contributed by atoms with Crippen molar-refractivity contribution >= 4 is 11.8 Å². The number of amides is 2. The molecular formula is C38H76N2O2. The van der Waals surface area contributed by atoms with Crippen molar-refractivity contribution in [2.24, 2.45) is 0 Å². The average molecular weight is 593 g/mol. The van der Waals surface area contributed by atoms with Crippen molar-refractivity contribution in [1.29, 1.82) is 0 Å². The number of nitrogens with one attached hydrogen (secondary N) is 2. The van der Waals surface area contributed by atoms with Gasteiger partial charge in [-0.25, -0.2) is 0 Å². The smallest absolute Gasteiger partial charge is 0.219 e. The summed E-state index contributed by atoms with van der Waals surface area (Å²) in [6.45, 7) is 6.27. The Balaban J connectivity index is 3.22. The molecule has 0 saturated carbocycles. The van der Waals surface area contributed by atoms with Gasteiger partial charge >= 0.3 is 0 Å². The van der Waals surface area contributed by atoms with Crippen LogP contribution in [0, 0.1) is 0 Å². The van der Waals surface area contributed by atoms with Crippen LogP contribution in [0.2, 0.25) is 0 Å². The van der Waals surface area contributed by atoms with Crippen LogP contribution in [0.15, 0.2) is 0 Å². The molecule has 2 N–H and O–H groups in total. The molecule has 42 heavy (non-hydrogen) atoms. The van der Waals surface area contributed by atoms with Gasteiger partial charge in [0.15, 0.2) is 0 Å². The minimum Gasteiger partial charge on any atom is -0.356 e. The van der Waals surface area contributed by atoms with Crippen LogP contribution in [0.25, 0.3) is 0 Å². The van der Waals surface area contributed by atoms with E-state index in [4.69, 9.17) is 0 Å². The summed E-state index contributed by atoms with van der Waals surface area (Å²) in [7, 11) is 0. The third-order valence-electron chi connectivity index (χ3n) is 8.76. The van der Waals surface area contributed by atoms with Crippen LogP contribution in [-0.4, -0.2) is 24.9 Å². The molecule has 0 heterocycles. The fourth-order valence-corrected chi connectivity index (χ4v) is 5.84. The van der Waals surface area contributed by atoms with Gasteiger partial charge in [0.2, 0.25) is 11.8 Å². The molecule has 0 aromatic heterocycles. The van der Waals surface area contributed by atoms with Crippen LogP contribution >= 0.6 is 0 Å². The van der Waals surface area contributed by atoms with Crippen LogP contribution in [-0.2, 0) is 9.59 Å². The third kappa shape index (κ3) is 35.1. The number of hydrogen-bond donors (Lipinski definition) is 2. The van der Waals surface area contributed by atoms with E-state index >= 15 is 0 Å². The van der Waals surface area contributed by atoms with E-state index in [0.717, 1.165) is 38.8 Å². The van der Waals surface area contributed by atoms with E-state index < -0.39 is 0 Å². The number of unbranched alkanes of at least 4 members (excludes halogenated alkanes) is 27. The van der Waals surface area contributed by atoms with Gasteiger partial charge in [0.05, 0.1) is 0 Å². The molecule has 0 aliphatic rings. The summed E-state index contributed by atoms with van der Waals surface area (Å²) in [4.78, 5) is 24.0. The normalized spacial score (nSPS) is 11.2. The Morgan fingerprint density at radius 3 is 0.786 bits per heavy atom. The molecule has 2 amide bonds. The van der Waals surface area contributed by atoms with E-state index in [0.29, 0.717) is 12.8 Å². The Hall–Kier alpha value is -1.06. The van der Waals surface area contributed by atoms with Crippen LogP contribution < -0.4 is 10.6 Å². The third-order valence-corrected chi connectivity index (χ3v) is 8.76. The zero-order valence-electron chi connectivity index (χ0n) is 28.9. The second-order valence-corrected chi connectivity index (χ2v) is 13.1. The molecule has 250 valence electrons. The first-order chi connectivity index (χ1) is 20.7. The van der Waals surface area contributed by atoms with E-state index in [2.05, 4.69) is 24.5 Å². The zero-order chi connectivity index (χ0) is 30.6. The van der Waals surface area contributed by atoms with Gasteiger partial charge in [-0.2, -0.15) is 0 Å². The van der Waals surface area contributed by atoms with Gasteiger partial charge in [-0.3, -0.25) is 9.59 Å². The quantitative estimate of drug-likeness (QED) is 0.0719. The average Bonchev–Trinajstić information content (AvgIpc) is 2.99. The predicted molar refractivity (Wildman–Crippen MR) is 185 cm³/mol. The zero-order valence-corrected chi connectivity index (χ0v) is 28.9. The number of carbonyl (C=O) groups excluding carboxylic acids is 2. The van der Waals surface area contributed by atoms with Crippen LogP contribution in [0.1, 0.15) is 219 Å².